The highest BCUT2D eigenvalue weighted by atomic mass is 16.5. The van der Waals surface area contributed by atoms with Gasteiger partial charge in [-0.2, -0.15) is 5.26 Å². The van der Waals surface area contributed by atoms with Crippen LogP contribution in [0.15, 0.2) is 121 Å². The molecule has 1 aliphatic heterocycles. The molecule has 4 heteroatoms. The lowest BCUT2D eigenvalue weighted by Gasteiger charge is -2.20. The molecule has 0 N–H and O–H groups in total. The Morgan fingerprint density at radius 3 is 2.34 bits per heavy atom. The summed E-state index contributed by atoms with van der Waals surface area (Å²) in [4.78, 5) is 0. The third kappa shape index (κ3) is 3.81. The van der Waals surface area contributed by atoms with Gasteiger partial charge in [0.2, 0.25) is 0 Å². The van der Waals surface area contributed by atoms with Gasteiger partial charge >= 0.3 is 0 Å². The number of aromatic nitrogens is 2. The van der Waals surface area contributed by atoms with Crippen molar-refractivity contribution in [2.45, 2.75) is 25.4 Å². The fraction of sp³-hybridized carbons (Fsp3) is 0.0930. The van der Waals surface area contributed by atoms with Crippen LogP contribution in [0, 0.1) is 11.3 Å². The minimum atomic E-state index is 0.00596. The lowest BCUT2D eigenvalue weighted by atomic mass is 9.90. The van der Waals surface area contributed by atoms with Crippen molar-refractivity contribution in [1.29, 1.82) is 5.26 Å². The van der Waals surface area contributed by atoms with Gasteiger partial charge in [-0.3, -0.25) is 0 Å². The molecule has 0 spiro atoms. The highest BCUT2D eigenvalue weighted by Crippen LogP contribution is 2.46. The molecule has 1 atom stereocenters. The molecule has 0 fully saturated rings. The predicted octanol–water partition coefficient (Wildman–Crippen LogP) is 9.93. The number of para-hydroxylation sites is 3. The first kappa shape index (κ1) is 26.2. The molecule has 10 rings (SSSR count). The van der Waals surface area contributed by atoms with E-state index in [2.05, 4.69) is 137 Å². The van der Waals surface area contributed by atoms with Crippen molar-refractivity contribution in [3.8, 4) is 34.3 Å². The van der Waals surface area contributed by atoms with E-state index < -0.39 is 0 Å². The SMILES string of the molecule is N#Cc1cc(-c2ccc(-n3c4c(c5ccccc53)C=CCC4)cc2)ccc1-n1c2c(c3ccccc31)CC1Oc3ccccc3C1=C2. The van der Waals surface area contributed by atoms with Crippen LogP contribution in [-0.4, -0.2) is 15.2 Å². The predicted molar refractivity (Wildman–Crippen MR) is 190 cm³/mol. The van der Waals surface area contributed by atoms with Crippen LogP contribution in [0.2, 0.25) is 0 Å². The summed E-state index contributed by atoms with van der Waals surface area (Å²) in [6.07, 6.45) is 9.73. The number of ether oxygens (including phenoxy) is 1. The molecule has 2 aliphatic carbocycles. The molecule has 0 radical (unpaired) electrons. The molecule has 0 saturated heterocycles. The Hall–Kier alpha value is -6.05. The normalized spacial score (nSPS) is 15.8. The van der Waals surface area contributed by atoms with Gasteiger partial charge in [-0.15, -0.1) is 0 Å². The zero-order valence-corrected chi connectivity index (χ0v) is 25.7. The van der Waals surface area contributed by atoms with Gasteiger partial charge in [0.1, 0.15) is 17.9 Å². The standard InChI is InChI=1S/C43H29N3O/c44-26-29-23-28(27-17-20-30(21-18-27)45-38-13-5-1-9-31(38)32-10-2-6-14-39(32)45)19-22-37(29)46-40-15-7-3-11-33(40)35-25-43-36(24-41(35)46)34-12-4-8-16-42(34)47-43/h1-5,7-13,15-24,43H,6,14,25H2. The van der Waals surface area contributed by atoms with Gasteiger partial charge in [-0.05, 0) is 78.1 Å². The first-order valence-electron chi connectivity index (χ1n) is 16.3. The molecule has 2 aromatic heterocycles. The number of benzene rings is 5. The molecule has 4 nitrogen and oxygen atoms in total. The van der Waals surface area contributed by atoms with Crippen LogP contribution in [0.4, 0.5) is 0 Å². The zero-order valence-electron chi connectivity index (χ0n) is 25.7. The Morgan fingerprint density at radius 1 is 0.745 bits per heavy atom. The average Bonchev–Trinajstić information content (AvgIpc) is 3.78. The van der Waals surface area contributed by atoms with E-state index in [1.54, 1.807) is 0 Å². The summed E-state index contributed by atoms with van der Waals surface area (Å²) in [6, 6.07) is 43.1. The van der Waals surface area contributed by atoms with E-state index in [0.29, 0.717) is 5.56 Å². The number of hydrogen-bond acceptors (Lipinski definition) is 2. The molecule has 1 unspecified atom stereocenters. The van der Waals surface area contributed by atoms with Gasteiger partial charge < -0.3 is 13.9 Å². The molecule has 0 saturated carbocycles. The summed E-state index contributed by atoms with van der Waals surface area (Å²) in [5, 5.41) is 13.0. The van der Waals surface area contributed by atoms with Crippen molar-refractivity contribution >= 4 is 39.5 Å². The quantitative estimate of drug-likeness (QED) is 0.202. The Labute approximate surface area is 272 Å². The number of hydrogen-bond donors (Lipinski definition) is 0. The molecule has 0 bridgehead atoms. The summed E-state index contributed by atoms with van der Waals surface area (Å²) in [5.41, 5.74) is 14.6. The smallest absolute Gasteiger partial charge is 0.129 e. The molecule has 7 aromatic rings. The molecular formula is C43H29N3O. The lowest BCUT2D eigenvalue weighted by molar-refractivity contribution is 0.276. The minimum absolute atomic E-state index is 0.00596. The molecule has 3 aliphatic rings. The van der Waals surface area contributed by atoms with Crippen molar-refractivity contribution in [2.75, 3.05) is 0 Å². The van der Waals surface area contributed by atoms with E-state index in [0.717, 1.165) is 64.3 Å². The fourth-order valence-corrected chi connectivity index (χ4v) is 8.07. The van der Waals surface area contributed by atoms with Crippen molar-refractivity contribution in [3.05, 3.63) is 155 Å². The topological polar surface area (TPSA) is 42.9 Å². The minimum Gasteiger partial charge on any atom is -0.485 e. The van der Waals surface area contributed by atoms with Crippen molar-refractivity contribution in [3.63, 3.8) is 0 Å². The summed E-state index contributed by atoms with van der Waals surface area (Å²) in [7, 11) is 0. The first-order chi connectivity index (χ1) is 23.3. The van der Waals surface area contributed by atoms with E-state index >= 15 is 0 Å². The third-order valence-electron chi connectivity index (χ3n) is 10.2. The molecule has 3 heterocycles. The number of allylic oxidation sites excluding steroid dienone is 1. The number of nitriles is 1. The van der Waals surface area contributed by atoms with Gasteiger partial charge in [0, 0.05) is 45.3 Å². The molecular weight excluding hydrogens is 574 g/mol. The fourth-order valence-electron chi connectivity index (χ4n) is 8.07. The maximum Gasteiger partial charge on any atom is 0.129 e. The Morgan fingerprint density at radius 2 is 1.49 bits per heavy atom. The van der Waals surface area contributed by atoms with Gasteiger partial charge in [0.25, 0.3) is 0 Å². The van der Waals surface area contributed by atoms with Crippen LogP contribution in [-0.2, 0) is 12.8 Å². The van der Waals surface area contributed by atoms with Gasteiger partial charge in [-0.1, -0.05) is 84.9 Å². The maximum atomic E-state index is 10.5. The molecule has 47 heavy (non-hydrogen) atoms. The van der Waals surface area contributed by atoms with E-state index in [9.17, 15) is 5.26 Å². The van der Waals surface area contributed by atoms with Crippen LogP contribution < -0.4 is 4.74 Å². The van der Waals surface area contributed by atoms with Crippen LogP contribution >= 0.6 is 0 Å². The van der Waals surface area contributed by atoms with E-state index in [1.807, 2.05) is 12.1 Å². The zero-order chi connectivity index (χ0) is 31.1. The van der Waals surface area contributed by atoms with E-state index in [1.165, 1.54) is 38.7 Å². The third-order valence-corrected chi connectivity index (χ3v) is 10.2. The van der Waals surface area contributed by atoms with Crippen LogP contribution in [0.3, 0.4) is 0 Å². The van der Waals surface area contributed by atoms with Crippen LogP contribution in [0.1, 0.15) is 40.1 Å². The molecule has 0 amide bonds. The Bertz CT molecular complexity index is 2530. The second-order valence-electron chi connectivity index (χ2n) is 12.7. The average molecular weight is 604 g/mol. The second kappa shape index (κ2) is 9.97. The van der Waals surface area contributed by atoms with E-state index in [-0.39, 0.29) is 6.10 Å². The monoisotopic (exact) mass is 603 g/mol. The largest absolute Gasteiger partial charge is 0.485 e. The number of nitrogens with zero attached hydrogens (tertiary/aromatic N) is 3. The highest BCUT2D eigenvalue weighted by molar-refractivity contribution is 5.99. The maximum absolute atomic E-state index is 10.5. The molecule has 222 valence electrons. The summed E-state index contributed by atoms with van der Waals surface area (Å²) in [5.74, 6) is 0.944. The van der Waals surface area contributed by atoms with Crippen molar-refractivity contribution in [1.82, 2.24) is 9.13 Å². The second-order valence-corrected chi connectivity index (χ2v) is 12.7. The van der Waals surface area contributed by atoms with Crippen LogP contribution in [0.5, 0.6) is 5.75 Å². The first-order valence-corrected chi connectivity index (χ1v) is 16.3. The van der Waals surface area contributed by atoms with E-state index in [4.69, 9.17) is 4.74 Å². The van der Waals surface area contributed by atoms with Gasteiger partial charge in [0.05, 0.1) is 28.0 Å². The lowest BCUT2D eigenvalue weighted by Crippen LogP contribution is -2.19. The summed E-state index contributed by atoms with van der Waals surface area (Å²) in [6.45, 7) is 0. The Kier molecular flexibility index (Phi) is 5.56. The highest BCUT2D eigenvalue weighted by Gasteiger charge is 2.35. The van der Waals surface area contributed by atoms with Gasteiger partial charge in [-0.25, -0.2) is 0 Å². The molecule has 5 aromatic carbocycles. The number of fused-ring (bicyclic) bond motifs is 9. The van der Waals surface area contributed by atoms with Crippen molar-refractivity contribution < 1.29 is 4.74 Å². The summed E-state index contributed by atoms with van der Waals surface area (Å²) < 4.78 is 11.1. The van der Waals surface area contributed by atoms with Gasteiger partial charge in [0.15, 0.2) is 0 Å². The number of rotatable bonds is 3. The van der Waals surface area contributed by atoms with Crippen molar-refractivity contribution in [2.24, 2.45) is 0 Å². The Balaban J connectivity index is 1.07. The summed E-state index contributed by atoms with van der Waals surface area (Å²) >= 11 is 0. The van der Waals surface area contributed by atoms with Crippen LogP contribution in [0.25, 0.3) is 62.0 Å².